The third-order valence-electron chi connectivity index (χ3n) is 5.49. The lowest BCUT2D eigenvalue weighted by atomic mass is 10.1. The van der Waals surface area contributed by atoms with Gasteiger partial charge in [-0.15, -0.1) is 0 Å². The first-order valence-electron chi connectivity index (χ1n) is 9.56. The molecule has 0 aliphatic carbocycles. The molecule has 0 radical (unpaired) electrons. The lowest BCUT2D eigenvalue weighted by molar-refractivity contribution is 0.617. The van der Waals surface area contributed by atoms with Gasteiger partial charge in [0, 0.05) is 13.1 Å². The predicted molar refractivity (Wildman–Crippen MR) is 121 cm³/mol. The van der Waals surface area contributed by atoms with Crippen molar-refractivity contribution in [3.8, 4) is 0 Å². The molecule has 0 aromatic heterocycles. The van der Waals surface area contributed by atoms with Crippen LogP contribution in [0.25, 0.3) is 0 Å². The van der Waals surface area contributed by atoms with E-state index in [-0.39, 0.29) is 6.17 Å². The van der Waals surface area contributed by atoms with Gasteiger partial charge in [-0.05, 0) is 44.0 Å². The standard InChI is InChI=1S/C24H24Cl2N2/c1-16-4-8-19(9-5-16)14-27-18(3)28(15-20-10-6-17(2)7-11-20)24-13-22(26)21(25)12-23(24)27/h4-13,18H,14-15H2,1-3H3. The van der Waals surface area contributed by atoms with E-state index in [1.807, 2.05) is 12.1 Å². The number of halogens is 2. The fourth-order valence-corrected chi connectivity index (χ4v) is 4.09. The van der Waals surface area contributed by atoms with Crippen molar-refractivity contribution in [2.45, 2.75) is 40.0 Å². The Kier molecular flexibility index (Phi) is 5.27. The Hall–Kier alpha value is -2.16. The van der Waals surface area contributed by atoms with Crippen LogP contribution in [0.15, 0.2) is 60.7 Å². The maximum absolute atomic E-state index is 6.38. The molecule has 0 fully saturated rings. The lowest BCUT2D eigenvalue weighted by Crippen LogP contribution is -2.40. The zero-order chi connectivity index (χ0) is 19.8. The molecule has 0 amide bonds. The molecule has 0 spiro atoms. The van der Waals surface area contributed by atoms with Crippen molar-refractivity contribution in [1.29, 1.82) is 0 Å². The summed E-state index contributed by atoms with van der Waals surface area (Å²) in [5.74, 6) is 0. The molecule has 3 aromatic rings. The SMILES string of the molecule is Cc1ccc(CN2c3cc(Cl)c(Cl)cc3N(Cc3ccc(C)cc3)C2C)cc1. The molecular formula is C24H24Cl2N2. The van der Waals surface area contributed by atoms with E-state index in [2.05, 4.69) is 79.1 Å². The first-order valence-corrected chi connectivity index (χ1v) is 10.3. The van der Waals surface area contributed by atoms with Gasteiger partial charge in [0.1, 0.15) is 0 Å². The minimum Gasteiger partial charge on any atom is -0.345 e. The summed E-state index contributed by atoms with van der Waals surface area (Å²) in [5.41, 5.74) is 7.38. The van der Waals surface area contributed by atoms with Gasteiger partial charge in [-0.2, -0.15) is 0 Å². The van der Waals surface area contributed by atoms with Gasteiger partial charge < -0.3 is 9.80 Å². The Balaban J connectivity index is 1.69. The summed E-state index contributed by atoms with van der Waals surface area (Å²) >= 11 is 12.8. The molecule has 0 bridgehead atoms. The van der Waals surface area contributed by atoms with E-state index in [4.69, 9.17) is 23.2 Å². The largest absolute Gasteiger partial charge is 0.345 e. The Labute approximate surface area is 177 Å². The summed E-state index contributed by atoms with van der Waals surface area (Å²) in [6.45, 7) is 8.13. The van der Waals surface area contributed by atoms with Crippen LogP contribution in [0.4, 0.5) is 11.4 Å². The Morgan fingerprint density at radius 3 is 1.39 bits per heavy atom. The van der Waals surface area contributed by atoms with Gasteiger partial charge in [0.05, 0.1) is 27.6 Å². The highest BCUT2D eigenvalue weighted by molar-refractivity contribution is 6.42. The number of benzene rings is 3. The van der Waals surface area contributed by atoms with Crippen molar-refractivity contribution in [3.05, 3.63) is 93.0 Å². The van der Waals surface area contributed by atoms with Crippen LogP contribution in [-0.2, 0) is 13.1 Å². The number of aryl methyl sites for hydroxylation is 2. The van der Waals surface area contributed by atoms with Crippen LogP contribution in [0.5, 0.6) is 0 Å². The first kappa shape index (κ1) is 19.2. The summed E-state index contributed by atoms with van der Waals surface area (Å²) in [7, 11) is 0. The van der Waals surface area contributed by atoms with E-state index in [1.165, 1.54) is 22.3 Å². The highest BCUT2D eigenvalue weighted by Gasteiger charge is 2.33. The van der Waals surface area contributed by atoms with E-state index >= 15 is 0 Å². The van der Waals surface area contributed by atoms with E-state index in [0.717, 1.165) is 24.5 Å². The molecule has 4 heteroatoms. The minimum absolute atomic E-state index is 0.201. The molecule has 1 aliphatic rings. The van der Waals surface area contributed by atoms with E-state index in [0.29, 0.717) is 10.0 Å². The molecule has 0 N–H and O–H groups in total. The highest BCUT2D eigenvalue weighted by atomic mass is 35.5. The van der Waals surface area contributed by atoms with Gasteiger partial charge in [-0.25, -0.2) is 0 Å². The highest BCUT2D eigenvalue weighted by Crippen LogP contribution is 2.45. The molecule has 0 unspecified atom stereocenters. The lowest BCUT2D eigenvalue weighted by Gasteiger charge is -2.30. The zero-order valence-electron chi connectivity index (χ0n) is 16.4. The molecule has 28 heavy (non-hydrogen) atoms. The average Bonchev–Trinajstić information content (AvgIpc) is 2.91. The molecule has 4 rings (SSSR count). The quantitative estimate of drug-likeness (QED) is 0.457. The molecular weight excluding hydrogens is 387 g/mol. The summed E-state index contributed by atoms with van der Waals surface area (Å²) in [5, 5.41) is 1.19. The van der Waals surface area contributed by atoms with Crippen LogP contribution in [0.2, 0.25) is 10.0 Å². The van der Waals surface area contributed by atoms with Crippen LogP contribution in [0, 0.1) is 13.8 Å². The first-order chi connectivity index (χ1) is 13.4. The Morgan fingerprint density at radius 1 is 0.679 bits per heavy atom. The smallest absolute Gasteiger partial charge is 0.0995 e. The molecule has 2 nitrogen and oxygen atoms in total. The van der Waals surface area contributed by atoms with Gasteiger partial charge in [0.25, 0.3) is 0 Å². The maximum atomic E-state index is 6.38. The summed E-state index contributed by atoms with van der Waals surface area (Å²) in [6.07, 6.45) is 0.201. The van der Waals surface area contributed by atoms with Crippen molar-refractivity contribution >= 4 is 34.6 Å². The maximum Gasteiger partial charge on any atom is 0.0995 e. The van der Waals surface area contributed by atoms with Crippen molar-refractivity contribution in [2.24, 2.45) is 0 Å². The van der Waals surface area contributed by atoms with Crippen LogP contribution in [0.1, 0.15) is 29.2 Å². The van der Waals surface area contributed by atoms with E-state index in [1.54, 1.807) is 0 Å². The Bertz CT molecular complexity index is 900. The van der Waals surface area contributed by atoms with Crippen molar-refractivity contribution < 1.29 is 0 Å². The number of hydrogen-bond donors (Lipinski definition) is 0. The third kappa shape index (κ3) is 3.72. The summed E-state index contributed by atoms with van der Waals surface area (Å²) < 4.78 is 0. The number of rotatable bonds is 4. The van der Waals surface area contributed by atoms with Crippen molar-refractivity contribution in [1.82, 2.24) is 0 Å². The minimum atomic E-state index is 0.201. The third-order valence-corrected chi connectivity index (χ3v) is 6.21. The second-order valence-electron chi connectivity index (χ2n) is 7.61. The monoisotopic (exact) mass is 410 g/mol. The number of fused-ring (bicyclic) bond motifs is 1. The molecule has 3 aromatic carbocycles. The zero-order valence-corrected chi connectivity index (χ0v) is 17.9. The van der Waals surface area contributed by atoms with Gasteiger partial charge in [-0.3, -0.25) is 0 Å². The summed E-state index contributed by atoms with van der Waals surface area (Å²) in [6, 6.07) is 21.4. The van der Waals surface area contributed by atoms with Gasteiger partial charge in [-0.1, -0.05) is 82.9 Å². The van der Waals surface area contributed by atoms with Crippen LogP contribution >= 0.6 is 23.2 Å². The van der Waals surface area contributed by atoms with Crippen LogP contribution < -0.4 is 9.80 Å². The van der Waals surface area contributed by atoms with Gasteiger partial charge in [0.2, 0.25) is 0 Å². The Morgan fingerprint density at radius 2 is 1.04 bits per heavy atom. The number of hydrogen-bond acceptors (Lipinski definition) is 2. The predicted octanol–water partition coefficient (Wildman–Crippen LogP) is 6.98. The van der Waals surface area contributed by atoms with E-state index < -0.39 is 0 Å². The molecule has 144 valence electrons. The van der Waals surface area contributed by atoms with Gasteiger partial charge >= 0.3 is 0 Å². The molecule has 1 aliphatic heterocycles. The second-order valence-corrected chi connectivity index (χ2v) is 8.43. The average molecular weight is 411 g/mol. The van der Waals surface area contributed by atoms with Crippen LogP contribution in [0.3, 0.4) is 0 Å². The van der Waals surface area contributed by atoms with Crippen molar-refractivity contribution in [2.75, 3.05) is 9.80 Å². The second kappa shape index (κ2) is 7.69. The molecule has 0 saturated carbocycles. The van der Waals surface area contributed by atoms with Crippen LogP contribution in [-0.4, -0.2) is 6.17 Å². The van der Waals surface area contributed by atoms with Crippen molar-refractivity contribution in [3.63, 3.8) is 0 Å². The molecule has 0 atom stereocenters. The fraction of sp³-hybridized carbons (Fsp3) is 0.250. The fourth-order valence-electron chi connectivity index (χ4n) is 3.77. The molecule has 0 saturated heterocycles. The topological polar surface area (TPSA) is 6.48 Å². The molecule has 1 heterocycles. The van der Waals surface area contributed by atoms with Gasteiger partial charge in [0.15, 0.2) is 0 Å². The van der Waals surface area contributed by atoms with E-state index in [9.17, 15) is 0 Å². The number of nitrogens with zero attached hydrogens (tertiary/aromatic N) is 2. The number of anilines is 2. The summed E-state index contributed by atoms with van der Waals surface area (Å²) in [4.78, 5) is 4.80. The normalized spacial score (nSPS) is 13.9.